The number of carboxylic acid groups (broad SMARTS) is 1. The number of nitrogens with zero attached hydrogens (tertiary/aromatic N) is 5. The molecule has 0 bridgehead atoms. The highest BCUT2D eigenvalue weighted by Gasteiger charge is 2.18. The Bertz CT molecular complexity index is 2100. The van der Waals surface area contributed by atoms with Gasteiger partial charge in [-0.2, -0.15) is 0 Å². The van der Waals surface area contributed by atoms with E-state index in [1.165, 1.54) is 11.3 Å². The molecule has 0 aliphatic carbocycles. The van der Waals surface area contributed by atoms with Gasteiger partial charge < -0.3 is 24.4 Å². The number of aromatic carboxylic acids is 1. The zero-order valence-electron chi connectivity index (χ0n) is 25.5. The Morgan fingerprint density at radius 2 is 1.69 bits per heavy atom. The first-order valence-corrected chi connectivity index (χ1v) is 15.5. The first-order valence-electron chi connectivity index (χ1n) is 14.6. The van der Waals surface area contributed by atoms with Gasteiger partial charge in [-0.25, -0.2) is 24.7 Å². The van der Waals surface area contributed by atoms with Gasteiger partial charge in [0.05, 0.1) is 45.1 Å². The third kappa shape index (κ3) is 6.26. The molecule has 45 heavy (non-hydrogen) atoms. The number of methoxy groups -OCH3 is 1. The average Bonchev–Trinajstić information content (AvgIpc) is 3.86. The molecule has 3 aromatic carbocycles. The van der Waals surface area contributed by atoms with E-state index in [1.54, 1.807) is 37.6 Å². The second-order valence-corrected chi connectivity index (χ2v) is 11.6. The lowest BCUT2D eigenvalue weighted by Gasteiger charge is -2.08. The van der Waals surface area contributed by atoms with Crippen molar-refractivity contribution >= 4 is 38.6 Å². The highest BCUT2D eigenvalue weighted by molar-refractivity contribution is 7.16. The number of ether oxygens (including phenoxy) is 1. The van der Waals surface area contributed by atoms with Gasteiger partial charge in [0.25, 0.3) is 0 Å². The fourth-order valence-electron chi connectivity index (χ4n) is 5.10. The minimum absolute atomic E-state index is 0.248. The van der Waals surface area contributed by atoms with E-state index in [1.807, 2.05) is 40.5 Å². The number of hydrogen-bond acceptors (Lipinski definition) is 7. The van der Waals surface area contributed by atoms with Crippen molar-refractivity contribution in [1.29, 1.82) is 0 Å². The normalized spacial score (nSPS) is 11.2. The van der Waals surface area contributed by atoms with Crippen molar-refractivity contribution in [2.24, 2.45) is 0 Å². The van der Waals surface area contributed by atoms with Gasteiger partial charge in [-0.05, 0) is 56.2 Å². The van der Waals surface area contributed by atoms with Crippen LogP contribution in [0.3, 0.4) is 0 Å². The van der Waals surface area contributed by atoms with Gasteiger partial charge in [0.15, 0.2) is 5.82 Å². The number of H-pyrrole nitrogens is 2. The number of nitrogens with one attached hydrogen (secondary N) is 2. The molecule has 0 spiro atoms. The molecule has 7 aromatic rings. The third-order valence-corrected chi connectivity index (χ3v) is 8.41. The number of rotatable bonds is 8. The van der Waals surface area contributed by atoms with E-state index in [-0.39, 0.29) is 5.56 Å². The number of aromatic nitrogens is 7. The van der Waals surface area contributed by atoms with Crippen molar-refractivity contribution in [1.82, 2.24) is 34.5 Å². The predicted octanol–water partition coefficient (Wildman–Crippen LogP) is 7.30. The molecular formula is C34H33N7O3S. The summed E-state index contributed by atoms with van der Waals surface area (Å²) in [5.74, 6) is 1.40. The highest BCUT2D eigenvalue weighted by atomic mass is 32.1. The van der Waals surface area contributed by atoms with Crippen LogP contribution in [-0.4, -0.2) is 59.3 Å². The minimum atomic E-state index is -0.964. The highest BCUT2D eigenvalue weighted by Crippen LogP contribution is 2.29. The molecule has 0 fully saturated rings. The van der Waals surface area contributed by atoms with Gasteiger partial charge in [-0.3, -0.25) is 0 Å². The standard InChI is InChI=1S/C22H19N5O3S.C12H14N2/c1-12-7-18-15(9-14(12)22(28)29)26-21(27(18)5-6-30-2)17-10-23-20(25-17)13-3-4-19-16(8-13)24-11-31-19;1-3-11-8-13-12(14-11)10-6-4-9(2)5-7-10/h3-4,7-11H,5-6H2,1-2H3,(H,23,25)(H,28,29);4-8H,3H2,1-2H3,(H,13,14). The molecule has 0 atom stereocenters. The summed E-state index contributed by atoms with van der Waals surface area (Å²) in [4.78, 5) is 36.2. The lowest BCUT2D eigenvalue weighted by atomic mass is 10.1. The number of carboxylic acids is 1. The van der Waals surface area contributed by atoms with Crippen molar-refractivity contribution in [2.75, 3.05) is 13.7 Å². The molecule has 7 rings (SSSR count). The number of thiazole rings is 1. The Kier molecular flexibility index (Phi) is 8.54. The first-order chi connectivity index (χ1) is 21.8. The summed E-state index contributed by atoms with van der Waals surface area (Å²) in [5, 5.41) is 9.47. The first kappa shape index (κ1) is 29.9. The maximum absolute atomic E-state index is 11.6. The van der Waals surface area contributed by atoms with E-state index < -0.39 is 5.97 Å². The van der Waals surface area contributed by atoms with Gasteiger partial charge in [-0.15, -0.1) is 11.3 Å². The van der Waals surface area contributed by atoms with Crippen molar-refractivity contribution in [3.63, 3.8) is 0 Å². The summed E-state index contributed by atoms with van der Waals surface area (Å²) in [6.07, 6.45) is 4.64. The number of aromatic amines is 2. The molecule has 228 valence electrons. The van der Waals surface area contributed by atoms with Crippen LogP contribution < -0.4 is 0 Å². The third-order valence-electron chi connectivity index (χ3n) is 7.60. The average molecular weight is 620 g/mol. The Hall–Kier alpha value is -5.13. The van der Waals surface area contributed by atoms with Gasteiger partial charge in [0.2, 0.25) is 0 Å². The second kappa shape index (κ2) is 12.8. The van der Waals surface area contributed by atoms with Crippen molar-refractivity contribution < 1.29 is 14.6 Å². The Morgan fingerprint density at radius 3 is 2.42 bits per heavy atom. The molecule has 0 aliphatic rings. The molecule has 3 N–H and O–H groups in total. The maximum atomic E-state index is 11.6. The topological polar surface area (TPSA) is 135 Å². The number of hydrogen-bond donors (Lipinski definition) is 3. The summed E-state index contributed by atoms with van der Waals surface area (Å²) < 4.78 is 8.43. The molecule has 0 unspecified atom stereocenters. The van der Waals surface area contributed by atoms with Crippen LogP contribution in [0.1, 0.15) is 34.1 Å². The second-order valence-electron chi connectivity index (χ2n) is 10.7. The molecule has 4 heterocycles. The van der Waals surface area contributed by atoms with Crippen molar-refractivity contribution in [3.05, 3.63) is 94.9 Å². The molecule has 0 amide bonds. The fourth-order valence-corrected chi connectivity index (χ4v) is 5.76. The SMILES string of the molecule is CCc1cnc(-c2ccc(C)cc2)[nH]1.COCCn1c(-c2cnc(-c3ccc4scnc4c3)[nH]2)nc2cc(C(=O)O)c(C)cc21. The summed E-state index contributed by atoms with van der Waals surface area (Å²) in [7, 11) is 1.65. The van der Waals surface area contributed by atoms with Gasteiger partial charge in [-0.1, -0.05) is 36.8 Å². The number of imidazole rings is 3. The monoisotopic (exact) mass is 619 g/mol. The van der Waals surface area contributed by atoms with Crippen LogP contribution in [0.2, 0.25) is 0 Å². The molecule has 0 saturated heterocycles. The van der Waals surface area contributed by atoms with E-state index in [0.29, 0.717) is 30.1 Å². The molecule has 4 aromatic heterocycles. The van der Waals surface area contributed by atoms with Crippen LogP contribution in [0, 0.1) is 13.8 Å². The lowest BCUT2D eigenvalue weighted by Crippen LogP contribution is -2.06. The van der Waals surface area contributed by atoms with Gasteiger partial charge >= 0.3 is 5.97 Å². The molecule has 0 radical (unpaired) electrons. The van der Waals surface area contributed by atoms with Crippen LogP contribution in [-0.2, 0) is 17.7 Å². The minimum Gasteiger partial charge on any atom is -0.478 e. The van der Waals surface area contributed by atoms with Crippen LogP contribution in [0.25, 0.3) is 55.5 Å². The van der Waals surface area contributed by atoms with E-state index in [4.69, 9.17) is 9.72 Å². The molecule has 10 nitrogen and oxygen atoms in total. The number of benzene rings is 3. The van der Waals surface area contributed by atoms with Crippen molar-refractivity contribution in [2.45, 2.75) is 33.7 Å². The van der Waals surface area contributed by atoms with Gasteiger partial charge in [0, 0.05) is 36.7 Å². The van der Waals surface area contributed by atoms with Gasteiger partial charge in [0.1, 0.15) is 17.3 Å². The molecule has 0 saturated carbocycles. The molecular weight excluding hydrogens is 586 g/mol. The van der Waals surface area contributed by atoms with Crippen LogP contribution in [0.5, 0.6) is 0 Å². The number of fused-ring (bicyclic) bond motifs is 2. The largest absolute Gasteiger partial charge is 0.478 e. The summed E-state index contributed by atoms with van der Waals surface area (Å²) in [6, 6.07) is 17.9. The predicted molar refractivity (Wildman–Crippen MR) is 178 cm³/mol. The van der Waals surface area contributed by atoms with E-state index in [2.05, 4.69) is 63.0 Å². The lowest BCUT2D eigenvalue weighted by molar-refractivity contribution is 0.0696. The fraction of sp³-hybridized carbons (Fsp3) is 0.206. The quantitative estimate of drug-likeness (QED) is 0.162. The van der Waals surface area contributed by atoms with E-state index >= 15 is 0 Å². The van der Waals surface area contributed by atoms with Crippen LogP contribution in [0.15, 0.2) is 72.5 Å². The van der Waals surface area contributed by atoms with E-state index in [0.717, 1.165) is 50.6 Å². The Labute approximate surface area is 263 Å². The maximum Gasteiger partial charge on any atom is 0.336 e. The summed E-state index contributed by atoms with van der Waals surface area (Å²) in [5.41, 5.74) is 10.5. The summed E-state index contributed by atoms with van der Waals surface area (Å²) >= 11 is 1.60. The molecule has 0 aliphatic heterocycles. The summed E-state index contributed by atoms with van der Waals surface area (Å²) in [6.45, 7) is 7.07. The number of carbonyl (C=O) groups is 1. The van der Waals surface area contributed by atoms with Crippen LogP contribution in [0.4, 0.5) is 0 Å². The van der Waals surface area contributed by atoms with Crippen LogP contribution >= 0.6 is 11.3 Å². The Balaban J connectivity index is 0.000000213. The zero-order chi connectivity index (χ0) is 31.5. The smallest absolute Gasteiger partial charge is 0.336 e. The molecule has 11 heteroatoms. The van der Waals surface area contributed by atoms with Crippen molar-refractivity contribution in [3.8, 4) is 34.3 Å². The number of aryl methyl sites for hydroxylation is 3. The Morgan fingerprint density at radius 1 is 0.933 bits per heavy atom. The zero-order valence-corrected chi connectivity index (χ0v) is 26.3. The van der Waals surface area contributed by atoms with E-state index in [9.17, 15) is 9.90 Å².